The lowest BCUT2D eigenvalue weighted by Gasteiger charge is -2.18. The third kappa shape index (κ3) is 4.16. The Balaban J connectivity index is 1.71. The van der Waals surface area contributed by atoms with Crippen molar-refractivity contribution in [3.8, 4) is 11.3 Å². The summed E-state index contributed by atoms with van der Waals surface area (Å²) in [7, 11) is 0. The normalized spacial score (nSPS) is 15.2. The van der Waals surface area contributed by atoms with E-state index in [0.717, 1.165) is 47.9 Å². The smallest absolute Gasteiger partial charge is 0.211 e. The number of halogens is 3. The van der Waals surface area contributed by atoms with E-state index in [2.05, 4.69) is 17.1 Å². The first-order valence-electron chi connectivity index (χ1n) is 10.2. The number of aromatic nitrogens is 1. The van der Waals surface area contributed by atoms with Crippen LogP contribution < -0.4 is 4.80 Å². The van der Waals surface area contributed by atoms with Gasteiger partial charge >= 0.3 is 0 Å². The molecule has 0 radical (unpaired) electrons. The molecule has 1 heterocycles. The molecule has 3 aromatic carbocycles. The number of benzene rings is 3. The van der Waals surface area contributed by atoms with Crippen molar-refractivity contribution in [3.05, 3.63) is 105 Å². The van der Waals surface area contributed by atoms with Crippen molar-refractivity contribution in [3.63, 3.8) is 0 Å². The molecule has 0 aliphatic heterocycles. The molecule has 32 heavy (non-hydrogen) atoms. The molecule has 0 spiro atoms. The molecule has 1 aliphatic rings. The largest absolute Gasteiger partial charge is 0.217 e. The molecule has 0 saturated heterocycles. The van der Waals surface area contributed by atoms with Gasteiger partial charge in [-0.2, -0.15) is 5.10 Å². The summed E-state index contributed by atoms with van der Waals surface area (Å²) >= 11 is 7.42. The van der Waals surface area contributed by atoms with Gasteiger partial charge < -0.3 is 0 Å². The second-order valence-electron chi connectivity index (χ2n) is 7.49. The minimum absolute atomic E-state index is 0.0638. The van der Waals surface area contributed by atoms with Gasteiger partial charge in [-0.05, 0) is 49.1 Å². The van der Waals surface area contributed by atoms with Crippen molar-refractivity contribution in [1.29, 1.82) is 0 Å². The van der Waals surface area contributed by atoms with E-state index in [1.165, 1.54) is 29.0 Å². The maximum Gasteiger partial charge on any atom is 0.211 e. The van der Waals surface area contributed by atoms with Crippen molar-refractivity contribution < 1.29 is 8.78 Å². The van der Waals surface area contributed by atoms with Gasteiger partial charge in [0.1, 0.15) is 11.5 Å². The van der Waals surface area contributed by atoms with E-state index in [9.17, 15) is 8.78 Å². The molecular formula is C25H18ClF2N3S. The summed E-state index contributed by atoms with van der Waals surface area (Å²) in [4.78, 5) is 4.97. The molecule has 0 N–H and O–H groups in total. The van der Waals surface area contributed by atoms with Gasteiger partial charge in [0, 0.05) is 27.6 Å². The number of rotatable bonds is 3. The SMILES string of the molecule is Fc1ccc(N=c2scc(-c3ccc(Cl)cc3)n2/N=C2/CCCc3ccccc32)c(F)c1. The number of aryl methyl sites for hydroxylation is 1. The summed E-state index contributed by atoms with van der Waals surface area (Å²) in [5.41, 5.74) is 5.15. The Morgan fingerprint density at radius 1 is 0.938 bits per heavy atom. The van der Waals surface area contributed by atoms with E-state index in [1.54, 1.807) is 4.68 Å². The third-order valence-electron chi connectivity index (χ3n) is 5.36. The van der Waals surface area contributed by atoms with Gasteiger partial charge in [-0.25, -0.2) is 18.4 Å². The molecule has 3 nitrogen and oxygen atoms in total. The van der Waals surface area contributed by atoms with E-state index in [-0.39, 0.29) is 5.69 Å². The average Bonchev–Trinajstić information content (AvgIpc) is 3.18. The molecule has 0 fully saturated rings. The number of hydrogen-bond donors (Lipinski definition) is 0. The number of hydrogen-bond acceptors (Lipinski definition) is 3. The van der Waals surface area contributed by atoms with Gasteiger partial charge in [-0.3, -0.25) is 0 Å². The lowest BCUT2D eigenvalue weighted by atomic mass is 9.90. The van der Waals surface area contributed by atoms with Crippen molar-refractivity contribution in [2.45, 2.75) is 19.3 Å². The van der Waals surface area contributed by atoms with Crippen molar-refractivity contribution in [1.82, 2.24) is 4.68 Å². The van der Waals surface area contributed by atoms with Crippen LogP contribution in [-0.2, 0) is 6.42 Å². The Hall–Kier alpha value is -3.09. The summed E-state index contributed by atoms with van der Waals surface area (Å²) in [6, 6.07) is 19.1. The van der Waals surface area contributed by atoms with Crippen molar-refractivity contribution in [2.75, 3.05) is 0 Å². The van der Waals surface area contributed by atoms with E-state index in [4.69, 9.17) is 16.7 Å². The summed E-state index contributed by atoms with van der Waals surface area (Å²) < 4.78 is 29.4. The van der Waals surface area contributed by atoms with Gasteiger partial charge in [0.15, 0.2) is 5.82 Å². The minimum Gasteiger partial charge on any atom is -0.217 e. The lowest BCUT2D eigenvalue weighted by molar-refractivity contribution is 0.584. The second kappa shape index (κ2) is 8.81. The first-order chi connectivity index (χ1) is 15.6. The van der Waals surface area contributed by atoms with Crippen LogP contribution in [-0.4, -0.2) is 10.4 Å². The Morgan fingerprint density at radius 3 is 2.56 bits per heavy atom. The molecule has 5 rings (SSSR count). The molecule has 1 aliphatic carbocycles. The fourth-order valence-corrected chi connectivity index (χ4v) is 4.76. The average molecular weight is 466 g/mol. The van der Waals surface area contributed by atoms with Crippen LogP contribution in [0.3, 0.4) is 0 Å². The molecule has 0 amide bonds. The van der Waals surface area contributed by atoms with Gasteiger partial charge in [0.2, 0.25) is 4.80 Å². The summed E-state index contributed by atoms with van der Waals surface area (Å²) in [6.45, 7) is 0. The van der Waals surface area contributed by atoms with Crippen LogP contribution in [0.15, 0.2) is 82.2 Å². The zero-order chi connectivity index (χ0) is 22.1. The van der Waals surface area contributed by atoms with E-state index < -0.39 is 11.6 Å². The first-order valence-corrected chi connectivity index (χ1v) is 11.5. The Bertz CT molecular complexity index is 1390. The number of fused-ring (bicyclic) bond motifs is 1. The predicted molar refractivity (Wildman–Crippen MR) is 126 cm³/mol. The molecule has 0 bridgehead atoms. The third-order valence-corrected chi connectivity index (χ3v) is 6.43. The molecule has 0 unspecified atom stereocenters. The predicted octanol–water partition coefficient (Wildman–Crippen LogP) is 6.97. The van der Waals surface area contributed by atoms with E-state index >= 15 is 0 Å². The van der Waals surface area contributed by atoms with Crippen molar-refractivity contribution in [2.24, 2.45) is 10.1 Å². The Labute approximate surface area is 193 Å². The second-order valence-corrected chi connectivity index (χ2v) is 8.76. The molecule has 1 aromatic heterocycles. The lowest BCUT2D eigenvalue weighted by Crippen LogP contribution is -2.18. The van der Waals surface area contributed by atoms with Crippen molar-refractivity contribution >= 4 is 34.3 Å². The highest BCUT2D eigenvalue weighted by Gasteiger charge is 2.17. The standard InChI is InChI=1S/C25H18ClF2N3S/c26-18-10-8-17(9-11-18)24-15-32-25(29-23-13-12-19(27)14-21(23)28)31(24)30-22-7-3-5-16-4-1-2-6-20(16)22/h1-2,4,6,8-15H,3,5,7H2/b29-25?,30-22-. The maximum absolute atomic E-state index is 14.3. The van der Waals surface area contributed by atoms with Crippen LogP contribution in [0.1, 0.15) is 24.0 Å². The van der Waals surface area contributed by atoms with Gasteiger partial charge in [0.25, 0.3) is 0 Å². The highest BCUT2D eigenvalue weighted by molar-refractivity contribution is 7.07. The fraction of sp³-hybridized carbons (Fsp3) is 0.120. The Morgan fingerprint density at radius 2 is 1.75 bits per heavy atom. The molecule has 0 atom stereocenters. The quantitative estimate of drug-likeness (QED) is 0.313. The zero-order valence-corrected chi connectivity index (χ0v) is 18.5. The van der Waals surface area contributed by atoms with Gasteiger partial charge in [0.05, 0.1) is 11.4 Å². The highest BCUT2D eigenvalue weighted by Crippen LogP contribution is 2.26. The molecule has 7 heteroatoms. The maximum atomic E-state index is 14.3. The molecule has 0 saturated carbocycles. The fourth-order valence-electron chi connectivity index (χ4n) is 3.79. The van der Waals surface area contributed by atoms with E-state index in [1.807, 2.05) is 41.8 Å². The summed E-state index contributed by atoms with van der Waals surface area (Å²) in [5, 5.41) is 7.55. The van der Waals surface area contributed by atoms with Crippen LogP contribution in [0, 0.1) is 11.6 Å². The minimum atomic E-state index is -0.714. The summed E-state index contributed by atoms with van der Waals surface area (Å²) in [6.07, 6.45) is 2.87. The van der Waals surface area contributed by atoms with E-state index in [0.29, 0.717) is 9.82 Å². The van der Waals surface area contributed by atoms with Crippen LogP contribution in [0.25, 0.3) is 11.3 Å². The monoisotopic (exact) mass is 465 g/mol. The topological polar surface area (TPSA) is 29.6 Å². The highest BCUT2D eigenvalue weighted by atomic mass is 35.5. The molecule has 160 valence electrons. The van der Waals surface area contributed by atoms with Gasteiger partial charge in [-0.1, -0.05) is 48.0 Å². The first kappa shape index (κ1) is 20.8. The summed E-state index contributed by atoms with van der Waals surface area (Å²) in [5.74, 6) is -1.35. The number of thiazole rings is 1. The van der Waals surface area contributed by atoms with Crippen LogP contribution in [0.4, 0.5) is 14.5 Å². The Kier molecular flexibility index (Phi) is 5.72. The van der Waals surface area contributed by atoms with Crippen LogP contribution in [0.5, 0.6) is 0 Å². The molecular weight excluding hydrogens is 448 g/mol. The van der Waals surface area contributed by atoms with Crippen LogP contribution >= 0.6 is 22.9 Å². The number of nitrogens with zero attached hydrogens (tertiary/aromatic N) is 3. The van der Waals surface area contributed by atoms with Gasteiger partial charge in [-0.15, -0.1) is 11.3 Å². The van der Waals surface area contributed by atoms with Crippen LogP contribution in [0.2, 0.25) is 5.02 Å². The molecule has 4 aromatic rings. The zero-order valence-electron chi connectivity index (χ0n) is 16.9.